The molecule has 6 nitrogen and oxygen atoms in total. The fourth-order valence-electron chi connectivity index (χ4n) is 2.79. The summed E-state index contributed by atoms with van der Waals surface area (Å²) in [7, 11) is 0. The summed E-state index contributed by atoms with van der Waals surface area (Å²) in [6.07, 6.45) is 2.32. The first kappa shape index (κ1) is 15.1. The Kier molecular flexibility index (Phi) is 4.80. The molecule has 2 saturated heterocycles. The van der Waals surface area contributed by atoms with Crippen LogP contribution in [0.15, 0.2) is 18.3 Å². The summed E-state index contributed by atoms with van der Waals surface area (Å²) in [4.78, 5) is 18.6. The van der Waals surface area contributed by atoms with Crippen molar-refractivity contribution in [2.24, 2.45) is 0 Å². The van der Waals surface area contributed by atoms with Gasteiger partial charge in [0, 0.05) is 43.4 Å². The molecule has 2 atom stereocenters. The minimum absolute atomic E-state index is 0.0982. The number of nitriles is 1. The number of amides is 1. The summed E-state index contributed by atoms with van der Waals surface area (Å²) in [5, 5.41) is 15.4. The van der Waals surface area contributed by atoms with Crippen LogP contribution in [0.3, 0.4) is 0 Å². The number of nitrogens with zero attached hydrogens (tertiary/aromatic N) is 3. The molecule has 1 aromatic rings. The van der Waals surface area contributed by atoms with Gasteiger partial charge >= 0.3 is 0 Å². The lowest BCUT2D eigenvalue weighted by molar-refractivity contribution is -0.132. The number of carbonyl (C=O) groups is 1. The van der Waals surface area contributed by atoms with Gasteiger partial charge in [0.2, 0.25) is 5.91 Å². The van der Waals surface area contributed by atoms with Crippen LogP contribution in [0.2, 0.25) is 0 Å². The van der Waals surface area contributed by atoms with E-state index in [2.05, 4.69) is 21.7 Å². The maximum absolute atomic E-state index is 12.5. The average Bonchev–Trinajstić information content (AvgIpc) is 3.04. The Hall–Kier alpha value is -1.78. The standard InChI is InChI=1S/C15H19N5OS/c16-8-11-1-2-14(18-9-11)19-12-7-13(17-10-12)15(21)20-3-5-22-6-4-20/h1-2,9,12-13,17H,3-7,10H2,(H,18,19)/t12-,13-/m0/s1. The molecule has 2 aliphatic rings. The summed E-state index contributed by atoms with van der Waals surface area (Å²) in [5.41, 5.74) is 0.547. The average molecular weight is 317 g/mol. The molecule has 116 valence electrons. The second kappa shape index (κ2) is 6.99. The molecule has 0 aliphatic carbocycles. The van der Waals surface area contributed by atoms with Crippen molar-refractivity contribution in [1.29, 1.82) is 5.26 Å². The first-order valence-corrected chi connectivity index (χ1v) is 8.64. The van der Waals surface area contributed by atoms with Gasteiger partial charge in [-0.15, -0.1) is 0 Å². The van der Waals surface area contributed by atoms with Crippen LogP contribution >= 0.6 is 11.8 Å². The number of nitrogens with one attached hydrogen (secondary N) is 2. The lowest BCUT2D eigenvalue weighted by Crippen LogP contribution is -2.46. The highest BCUT2D eigenvalue weighted by molar-refractivity contribution is 7.99. The van der Waals surface area contributed by atoms with E-state index in [-0.39, 0.29) is 18.0 Å². The zero-order valence-corrected chi connectivity index (χ0v) is 13.1. The molecule has 22 heavy (non-hydrogen) atoms. The molecule has 2 aliphatic heterocycles. The van der Waals surface area contributed by atoms with Crippen molar-refractivity contribution in [3.8, 4) is 6.07 Å². The lowest BCUT2D eigenvalue weighted by Gasteiger charge is -2.28. The molecular weight excluding hydrogens is 298 g/mol. The zero-order chi connectivity index (χ0) is 15.4. The predicted molar refractivity (Wildman–Crippen MR) is 86.7 cm³/mol. The number of aromatic nitrogens is 1. The summed E-state index contributed by atoms with van der Waals surface area (Å²) in [6, 6.07) is 5.68. The van der Waals surface area contributed by atoms with Gasteiger partial charge < -0.3 is 15.5 Å². The van der Waals surface area contributed by atoms with Gasteiger partial charge in [0.1, 0.15) is 11.9 Å². The largest absolute Gasteiger partial charge is 0.366 e. The Morgan fingerprint density at radius 1 is 1.45 bits per heavy atom. The molecule has 7 heteroatoms. The molecule has 0 saturated carbocycles. The van der Waals surface area contributed by atoms with E-state index in [1.54, 1.807) is 18.3 Å². The molecule has 3 rings (SSSR count). The molecule has 0 radical (unpaired) electrons. The summed E-state index contributed by atoms with van der Waals surface area (Å²) in [6.45, 7) is 2.47. The highest BCUT2D eigenvalue weighted by atomic mass is 32.2. The minimum Gasteiger partial charge on any atom is -0.366 e. The number of carbonyl (C=O) groups excluding carboxylic acids is 1. The van der Waals surface area contributed by atoms with Gasteiger partial charge in [0.15, 0.2) is 0 Å². The molecule has 2 fully saturated rings. The lowest BCUT2D eigenvalue weighted by atomic mass is 10.1. The van der Waals surface area contributed by atoms with E-state index >= 15 is 0 Å². The van der Waals surface area contributed by atoms with Crippen molar-refractivity contribution in [3.63, 3.8) is 0 Å². The SMILES string of the molecule is N#Cc1ccc(N[C@@H]2CN[C@H](C(=O)N3CCSCC3)C2)nc1. The Balaban J connectivity index is 1.53. The third-order valence-electron chi connectivity index (χ3n) is 4.00. The maximum atomic E-state index is 12.5. The third-order valence-corrected chi connectivity index (χ3v) is 4.94. The molecule has 0 aromatic carbocycles. The smallest absolute Gasteiger partial charge is 0.239 e. The number of rotatable bonds is 3. The van der Waals surface area contributed by atoms with Crippen LogP contribution in [0.1, 0.15) is 12.0 Å². The predicted octanol–water partition coefficient (Wildman–Crippen LogP) is 0.671. The van der Waals surface area contributed by atoms with Gasteiger partial charge in [-0.2, -0.15) is 17.0 Å². The Morgan fingerprint density at radius 3 is 2.95 bits per heavy atom. The van der Waals surface area contributed by atoms with E-state index in [0.717, 1.165) is 43.4 Å². The molecule has 3 heterocycles. The quantitative estimate of drug-likeness (QED) is 0.853. The number of thioether (sulfide) groups is 1. The van der Waals surface area contributed by atoms with E-state index in [9.17, 15) is 4.79 Å². The van der Waals surface area contributed by atoms with Crippen LogP contribution in [0, 0.1) is 11.3 Å². The maximum Gasteiger partial charge on any atom is 0.239 e. The highest BCUT2D eigenvalue weighted by Crippen LogP contribution is 2.17. The topological polar surface area (TPSA) is 81.0 Å². The van der Waals surface area contributed by atoms with E-state index in [4.69, 9.17) is 5.26 Å². The van der Waals surface area contributed by atoms with Gasteiger partial charge in [-0.3, -0.25) is 4.79 Å². The molecule has 0 unspecified atom stereocenters. The molecule has 1 amide bonds. The molecular formula is C15H19N5OS. The fourth-order valence-corrected chi connectivity index (χ4v) is 3.70. The first-order valence-electron chi connectivity index (χ1n) is 7.49. The van der Waals surface area contributed by atoms with E-state index in [1.807, 2.05) is 16.7 Å². The van der Waals surface area contributed by atoms with Crippen LogP contribution in [-0.4, -0.2) is 59.0 Å². The van der Waals surface area contributed by atoms with Crippen molar-refractivity contribution < 1.29 is 4.79 Å². The van der Waals surface area contributed by atoms with Crippen molar-refractivity contribution >= 4 is 23.5 Å². The Labute approximate surface area is 134 Å². The number of hydrogen-bond donors (Lipinski definition) is 2. The van der Waals surface area contributed by atoms with Crippen LogP contribution in [0.25, 0.3) is 0 Å². The highest BCUT2D eigenvalue weighted by Gasteiger charge is 2.32. The van der Waals surface area contributed by atoms with Crippen molar-refractivity contribution in [2.45, 2.75) is 18.5 Å². The van der Waals surface area contributed by atoms with Crippen molar-refractivity contribution in [1.82, 2.24) is 15.2 Å². The Bertz CT molecular complexity index is 564. The number of pyridine rings is 1. The summed E-state index contributed by atoms with van der Waals surface area (Å²) < 4.78 is 0. The second-order valence-electron chi connectivity index (χ2n) is 5.52. The van der Waals surface area contributed by atoms with Crippen LogP contribution in [0.4, 0.5) is 5.82 Å². The zero-order valence-electron chi connectivity index (χ0n) is 12.3. The number of anilines is 1. The minimum atomic E-state index is -0.0982. The summed E-state index contributed by atoms with van der Waals surface area (Å²) >= 11 is 1.91. The Morgan fingerprint density at radius 2 is 2.27 bits per heavy atom. The second-order valence-corrected chi connectivity index (χ2v) is 6.74. The normalized spacial score (nSPS) is 24.8. The van der Waals surface area contributed by atoms with Crippen LogP contribution in [0.5, 0.6) is 0 Å². The third kappa shape index (κ3) is 3.51. The monoisotopic (exact) mass is 317 g/mol. The van der Waals surface area contributed by atoms with E-state index in [1.165, 1.54) is 0 Å². The fraction of sp³-hybridized carbons (Fsp3) is 0.533. The van der Waals surface area contributed by atoms with E-state index < -0.39 is 0 Å². The molecule has 0 bridgehead atoms. The van der Waals surface area contributed by atoms with Gasteiger partial charge in [-0.05, 0) is 18.6 Å². The molecule has 2 N–H and O–H groups in total. The first-order chi connectivity index (χ1) is 10.8. The van der Waals surface area contributed by atoms with Crippen LogP contribution in [-0.2, 0) is 4.79 Å². The van der Waals surface area contributed by atoms with Crippen molar-refractivity contribution in [2.75, 3.05) is 36.5 Å². The molecule has 1 aromatic heterocycles. The van der Waals surface area contributed by atoms with E-state index in [0.29, 0.717) is 5.56 Å². The number of hydrogen-bond acceptors (Lipinski definition) is 6. The van der Waals surface area contributed by atoms with Crippen LogP contribution < -0.4 is 10.6 Å². The van der Waals surface area contributed by atoms with Crippen molar-refractivity contribution in [3.05, 3.63) is 23.9 Å². The van der Waals surface area contributed by atoms with Gasteiger partial charge in [0.25, 0.3) is 0 Å². The summed E-state index contributed by atoms with van der Waals surface area (Å²) in [5.74, 6) is 3.04. The van der Waals surface area contributed by atoms with Gasteiger partial charge in [0.05, 0.1) is 11.6 Å². The molecule has 0 spiro atoms. The van der Waals surface area contributed by atoms with Gasteiger partial charge in [-0.25, -0.2) is 4.98 Å². The van der Waals surface area contributed by atoms with Gasteiger partial charge in [-0.1, -0.05) is 0 Å².